The molecule has 1 aromatic carbocycles. The first kappa shape index (κ1) is 24.2. The summed E-state index contributed by atoms with van der Waals surface area (Å²) in [7, 11) is 0. The fraction of sp³-hybridized carbons (Fsp3) is 0.519. The number of aliphatic hydroxyl groups is 1. The summed E-state index contributed by atoms with van der Waals surface area (Å²) >= 11 is 1.48. The first-order valence-corrected chi connectivity index (χ1v) is 13.6. The van der Waals surface area contributed by atoms with E-state index in [1.807, 2.05) is 17.9 Å². The molecular weight excluding hydrogens is 458 g/mol. The summed E-state index contributed by atoms with van der Waals surface area (Å²) in [6.07, 6.45) is 7.31. The molecule has 35 heavy (non-hydrogen) atoms. The molecule has 0 unspecified atom stereocenters. The fourth-order valence-electron chi connectivity index (χ4n) is 5.45. The van der Waals surface area contributed by atoms with Gasteiger partial charge in [0.2, 0.25) is 0 Å². The SMILES string of the molecule is Cc1c(C(=O)N2CCC(N3CCC[C@@H](O)C3)CC2)sc2ncnc(NCCCc3ccccc3)c12. The second-order valence-electron chi connectivity index (χ2n) is 9.79. The molecule has 0 aliphatic carbocycles. The Hall–Kier alpha value is -2.55. The number of nitrogens with zero attached hydrogens (tertiary/aromatic N) is 4. The number of benzene rings is 1. The van der Waals surface area contributed by atoms with E-state index in [0.29, 0.717) is 6.04 Å². The highest BCUT2D eigenvalue weighted by Gasteiger charge is 2.31. The number of rotatable bonds is 7. The molecule has 0 spiro atoms. The maximum absolute atomic E-state index is 13.5. The second kappa shape index (κ2) is 11.0. The van der Waals surface area contributed by atoms with Crippen molar-refractivity contribution in [3.05, 3.63) is 52.7 Å². The van der Waals surface area contributed by atoms with E-state index in [1.54, 1.807) is 6.33 Å². The summed E-state index contributed by atoms with van der Waals surface area (Å²) in [6, 6.07) is 11.0. The standard InChI is InChI=1S/C27H35N5O2S/c1-19-23-25(28-13-5-9-20-7-3-2-4-8-20)29-18-30-26(23)35-24(19)27(34)31-15-11-21(12-16-31)32-14-6-10-22(33)17-32/h2-4,7-8,18,21-22,33H,5-6,9-17H2,1H3,(H,28,29,30)/t22-/m1/s1. The third-order valence-electron chi connectivity index (χ3n) is 7.39. The number of piperidine rings is 2. The molecule has 2 aliphatic rings. The van der Waals surface area contributed by atoms with Crippen LogP contribution in [0.4, 0.5) is 5.82 Å². The van der Waals surface area contributed by atoms with Crippen LogP contribution in [-0.4, -0.2) is 75.7 Å². The number of β-amino-alcohol motifs (C(OH)–C–C–N with tert-alkyl or cyclic N) is 1. The van der Waals surface area contributed by atoms with E-state index >= 15 is 0 Å². The number of aryl methyl sites for hydroxylation is 2. The summed E-state index contributed by atoms with van der Waals surface area (Å²) in [5, 5.41) is 14.5. The minimum absolute atomic E-state index is 0.109. The Morgan fingerprint density at radius 1 is 1.14 bits per heavy atom. The molecule has 7 nitrogen and oxygen atoms in total. The van der Waals surface area contributed by atoms with Crippen LogP contribution < -0.4 is 5.32 Å². The van der Waals surface area contributed by atoms with Crippen molar-refractivity contribution < 1.29 is 9.90 Å². The van der Waals surface area contributed by atoms with E-state index in [9.17, 15) is 9.90 Å². The zero-order valence-corrected chi connectivity index (χ0v) is 21.3. The lowest BCUT2D eigenvalue weighted by Gasteiger charge is -2.41. The highest BCUT2D eigenvalue weighted by molar-refractivity contribution is 7.20. The molecule has 2 fully saturated rings. The van der Waals surface area contributed by atoms with Crippen molar-refractivity contribution >= 4 is 33.3 Å². The zero-order valence-electron chi connectivity index (χ0n) is 20.4. The zero-order chi connectivity index (χ0) is 24.2. The Morgan fingerprint density at radius 2 is 1.94 bits per heavy atom. The summed E-state index contributed by atoms with van der Waals surface area (Å²) in [5.41, 5.74) is 2.31. The number of amides is 1. The van der Waals surface area contributed by atoms with Crippen LogP contribution in [0.3, 0.4) is 0 Å². The summed E-state index contributed by atoms with van der Waals surface area (Å²) < 4.78 is 0. The number of carbonyl (C=O) groups excluding carboxylic acids is 1. The van der Waals surface area contributed by atoms with Gasteiger partial charge in [-0.2, -0.15) is 0 Å². The van der Waals surface area contributed by atoms with Crippen molar-refractivity contribution in [2.24, 2.45) is 0 Å². The van der Waals surface area contributed by atoms with Gasteiger partial charge in [0.25, 0.3) is 5.91 Å². The molecule has 186 valence electrons. The lowest BCUT2D eigenvalue weighted by molar-refractivity contribution is 0.0241. The van der Waals surface area contributed by atoms with Crippen molar-refractivity contribution in [2.45, 2.75) is 57.6 Å². The summed E-state index contributed by atoms with van der Waals surface area (Å²) in [6.45, 7) is 6.20. The van der Waals surface area contributed by atoms with E-state index in [1.165, 1.54) is 16.9 Å². The molecule has 5 rings (SSSR count). The van der Waals surface area contributed by atoms with Crippen LogP contribution in [-0.2, 0) is 6.42 Å². The van der Waals surface area contributed by atoms with Crippen molar-refractivity contribution in [3.8, 4) is 0 Å². The fourth-order valence-corrected chi connectivity index (χ4v) is 6.56. The van der Waals surface area contributed by atoms with Crippen molar-refractivity contribution in [1.29, 1.82) is 0 Å². The highest BCUT2D eigenvalue weighted by Crippen LogP contribution is 2.34. The molecule has 1 amide bonds. The van der Waals surface area contributed by atoms with E-state index in [4.69, 9.17) is 0 Å². The number of fused-ring (bicyclic) bond motifs is 1. The van der Waals surface area contributed by atoms with E-state index < -0.39 is 0 Å². The van der Waals surface area contributed by atoms with Crippen LogP contribution in [0.2, 0.25) is 0 Å². The number of hydrogen-bond donors (Lipinski definition) is 2. The van der Waals surface area contributed by atoms with Gasteiger partial charge in [-0.3, -0.25) is 9.69 Å². The van der Waals surface area contributed by atoms with Gasteiger partial charge in [0.15, 0.2) is 0 Å². The maximum atomic E-state index is 13.5. The normalized spacial score (nSPS) is 19.8. The number of nitrogens with one attached hydrogen (secondary N) is 1. The maximum Gasteiger partial charge on any atom is 0.264 e. The van der Waals surface area contributed by atoms with Gasteiger partial charge < -0.3 is 15.3 Å². The number of hydrogen-bond acceptors (Lipinski definition) is 7. The van der Waals surface area contributed by atoms with E-state index in [-0.39, 0.29) is 12.0 Å². The number of thiophene rings is 1. The van der Waals surface area contributed by atoms with Gasteiger partial charge in [-0.25, -0.2) is 9.97 Å². The number of aliphatic hydroxyl groups excluding tert-OH is 1. The minimum atomic E-state index is -0.202. The summed E-state index contributed by atoms with van der Waals surface area (Å²) in [5.74, 6) is 0.927. The second-order valence-corrected chi connectivity index (χ2v) is 10.8. The van der Waals surface area contributed by atoms with E-state index in [0.717, 1.165) is 97.7 Å². The molecule has 2 N–H and O–H groups in total. The third-order valence-corrected chi connectivity index (χ3v) is 8.58. The van der Waals surface area contributed by atoms with Gasteiger partial charge in [-0.05, 0) is 63.1 Å². The molecule has 2 aliphatic heterocycles. The molecule has 4 heterocycles. The van der Waals surface area contributed by atoms with Crippen LogP contribution in [0, 0.1) is 6.92 Å². The summed E-state index contributed by atoms with van der Waals surface area (Å²) in [4.78, 5) is 28.5. The van der Waals surface area contributed by atoms with Crippen molar-refractivity contribution in [1.82, 2.24) is 19.8 Å². The first-order chi connectivity index (χ1) is 17.1. The Labute approximate surface area is 211 Å². The molecule has 0 saturated carbocycles. The van der Waals surface area contributed by atoms with Crippen molar-refractivity contribution in [3.63, 3.8) is 0 Å². The van der Waals surface area contributed by atoms with Gasteiger partial charge in [0.1, 0.15) is 17.0 Å². The van der Waals surface area contributed by atoms with Gasteiger partial charge in [0, 0.05) is 32.2 Å². The monoisotopic (exact) mass is 493 g/mol. The molecule has 2 saturated heterocycles. The number of likely N-dealkylation sites (tertiary alicyclic amines) is 2. The topological polar surface area (TPSA) is 81.6 Å². The Balaban J connectivity index is 1.22. The predicted octanol–water partition coefficient (Wildman–Crippen LogP) is 4.11. The van der Waals surface area contributed by atoms with Crippen LogP contribution in [0.1, 0.15) is 52.9 Å². The smallest absolute Gasteiger partial charge is 0.264 e. The Bertz CT molecular complexity index is 1140. The number of anilines is 1. The molecule has 2 aromatic heterocycles. The lowest BCUT2D eigenvalue weighted by Crippen LogP contribution is -2.50. The van der Waals surface area contributed by atoms with E-state index in [2.05, 4.69) is 44.5 Å². The Kier molecular flexibility index (Phi) is 7.60. The van der Waals surface area contributed by atoms with Gasteiger partial charge in [0.05, 0.1) is 16.4 Å². The molecule has 3 aromatic rings. The largest absolute Gasteiger partial charge is 0.392 e. The molecule has 1 atom stereocenters. The molecule has 0 radical (unpaired) electrons. The molecule has 0 bridgehead atoms. The average Bonchev–Trinajstić information content (AvgIpc) is 3.24. The molecule has 8 heteroatoms. The lowest BCUT2D eigenvalue weighted by atomic mass is 9.98. The van der Waals surface area contributed by atoms with Gasteiger partial charge in [-0.1, -0.05) is 30.3 Å². The minimum Gasteiger partial charge on any atom is -0.392 e. The van der Waals surface area contributed by atoms with Gasteiger partial charge >= 0.3 is 0 Å². The van der Waals surface area contributed by atoms with Crippen LogP contribution >= 0.6 is 11.3 Å². The molecular formula is C27H35N5O2S. The quantitative estimate of drug-likeness (QED) is 0.482. The third kappa shape index (κ3) is 5.50. The average molecular weight is 494 g/mol. The van der Waals surface area contributed by atoms with Crippen LogP contribution in [0.25, 0.3) is 10.2 Å². The highest BCUT2D eigenvalue weighted by atomic mass is 32.1. The number of carbonyl (C=O) groups is 1. The first-order valence-electron chi connectivity index (χ1n) is 12.8. The predicted molar refractivity (Wildman–Crippen MR) is 141 cm³/mol. The van der Waals surface area contributed by atoms with Crippen molar-refractivity contribution in [2.75, 3.05) is 38.0 Å². The van der Waals surface area contributed by atoms with Crippen LogP contribution in [0.5, 0.6) is 0 Å². The van der Waals surface area contributed by atoms with Gasteiger partial charge in [-0.15, -0.1) is 11.3 Å². The number of aromatic nitrogens is 2. The van der Waals surface area contributed by atoms with Crippen LogP contribution in [0.15, 0.2) is 36.7 Å². The Morgan fingerprint density at radius 3 is 2.71 bits per heavy atom.